The van der Waals surface area contributed by atoms with Crippen molar-refractivity contribution in [3.63, 3.8) is 0 Å². The standard InChI is InChI=1S/C6H17N3O3S/c1-6(5-7)9-13(10,11)8-3-4-12-2/h6,8-9H,3-5,7H2,1-2H3/t6-/m1/s1. The molecule has 0 spiro atoms. The molecule has 0 amide bonds. The number of nitrogens with two attached hydrogens (primary N) is 1. The highest BCUT2D eigenvalue weighted by Crippen LogP contribution is 1.82. The van der Waals surface area contributed by atoms with E-state index in [9.17, 15) is 8.42 Å². The maximum atomic E-state index is 11.1. The Kier molecular flexibility index (Phi) is 6.17. The quantitative estimate of drug-likeness (QED) is 0.442. The second kappa shape index (κ2) is 6.28. The van der Waals surface area contributed by atoms with Crippen LogP contribution in [0.5, 0.6) is 0 Å². The molecule has 0 fully saturated rings. The van der Waals surface area contributed by atoms with Gasteiger partial charge in [-0.2, -0.15) is 17.9 Å². The number of hydrogen-bond acceptors (Lipinski definition) is 4. The largest absolute Gasteiger partial charge is 0.383 e. The molecule has 0 aliphatic heterocycles. The van der Waals surface area contributed by atoms with E-state index in [1.54, 1.807) is 6.92 Å². The molecule has 0 rings (SSSR count). The number of rotatable bonds is 7. The van der Waals surface area contributed by atoms with E-state index in [0.29, 0.717) is 6.61 Å². The summed E-state index contributed by atoms with van der Waals surface area (Å²) in [6, 6.07) is -0.264. The van der Waals surface area contributed by atoms with Gasteiger partial charge in [-0.3, -0.25) is 0 Å². The van der Waals surface area contributed by atoms with Crippen LogP contribution in [0, 0.1) is 0 Å². The first-order valence-corrected chi connectivity index (χ1v) is 5.46. The average Bonchev–Trinajstić information content (AvgIpc) is 2.03. The molecular weight excluding hydrogens is 194 g/mol. The zero-order chi connectivity index (χ0) is 10.3. The smallest absolute Gasteiger partial charge is 0.277 e. The van der Waals surface area contributed by atoms with Crippen LogP contribution in [0.1, 0.15) is 6.92 Å². The molecule has 1 atom stereocenters. The fourth-order valence-electron chi connectivity index (χ4n) is 0.633. The minimum absolute atomic E-state index is 0.253. The summed E-state index contributed by atoms with van der Waals surface area (Å²) in [5.41, 5.74) is 5.25. The Morgan fingerprint density at radius 2 is 2.15 bits per heavy atom. The summed E-state index contributed by atoms with van der Waals surface area (Å²) in [5, 5.41) is 0. The minimum Gasteiger partial charge on any atom is -0.383 e. The molecule has 6 nitrogen and oxygen atoms in total. The van der Waals surface area contributed by atoms with Crippen molar-refractivity contribution in [3.8, 4) is 0 Å². The van der Waals surface area contributed by atoms with Crippen molar-refractivity contribution in [2.24, 2.45) is 5.73 Å². The SMILES string of the molecule is COCCNS(=O)(=O)N[C@H](C)CN. The lowest BCUT2D eigenvalue weighted by Crippen LogP contribution is -2.45. The van der Waals surface area contributed by atoms with Crippen molar-refractivity contribution in [1.82, 2.24) is 9.44 Å². The topological polar surface area (TPSA) is 93.4 Å². The van der Waals surface area contributed by atoms with Crippen molar-refractivity contribution in [3.05, 3.63) is 0 Å². The number of methoxy groups -OCH3 is 1. The lowest BCUT2D eigenvalue weighted by Gasteiger charge is -2.12. The molecule has 0 saturated heterocycles. The monoisotopic (exact) mass is 211 g/mol. The molecule has 13 heavy (non-hydrogen) atoms. The van der Waals surface area contributed by atoms with Gasteiger partial charge in [0.15, 0.2) is 0 Å². The second-order valence-electron chi connectivity index (χ2n) is 2.65. The predicted octanol–water partition coefficient (Wildman–Crippen LogP) is -1.60. The zero-order valence-corrected chi connectivity index (χ0v) is 8.73. The molecule has 0 aromatic carbocycles. The Bertz CT molecular complexity index is 217. The van der Waals surface area contributed by atoms with Crippen molar-refractivity contribution in [1.29, 1.82) is 0 Å². The molecule has 7 heteroatoms. The van der Waals surface area contributed by atoms with Gasteiger partial charge >= 0.3 is 0 Å². The maximum Gasteiger partial charge on any atom is 0.277 e. The van der Waals surface area contributed by atoms with E-state index in [2.05, 4.69) is 14.2 Å². The van der Waals surface area contributed by atoms with Crippen LogP contribution >= 0.6 is 0 Å². The Morgan fingerprint density at radius 3 is 2.62 bits per heavy atom. The average molecular weight is 211 g/mol. The summed E-state index contributed by atoms with van der Waals surface area (Å²) < 4.78 is 31.6. The van der Waals surface area contributed by atoms with E-state index in [4.69, 9.17) is 5.73 Å². The third-order valence-corrected chi connectivity index (χ3v) is 2.60. The molecule has 0 saturated carbocycles. The number of ether oxygens (including phenoxy) is 1. The van der Waals surface area contributed by atoms with E-state index < -0.39 is 10.2 Å². The molecule has 0 radical (unpaired) electrons. The molecule has 0 unspecified atom stereocenters. The Hall–Kier alpha value is -0.210. The summed E-state index contributed by atoms with van der Waals surface area (Å²) in [6.45, 7) is 2.56. The molecule has 80 valence electrons. The highest BCUT2D eigenvalue weighted by atomic mass is 32.2. The van der Waals surface area contributed by atoms with Crippen LogP contribution in [0.4, 0.5) is 0 Å². The molecule has 4 N–H and O–H groups in total. The minimum atomic E-state index is -3.43. The normalized spacial score (nSPS) is 14.4. The van der Waals surface area contributed by atoms with Gasteiger partial charge < -0.3 is 10.5 Å². The third kappa shape index (κ3) is 6.91. The van der Waals surface area contributed by atoms with Gasteiger partial charge in [0.2, 0.25) is 0 Å². The number of hydrogen-bond donors (Lipinski definition) is 3. The second-order valence-corrected chi connectivity index (χ2v) is 4.18. The van der Waals surface area contributed by atoms with Crippen molar-refractivity contribution in [2.75, 3.05) is 26.8 Å². The third-order valence-electron chi connectivity index (χ3n) is 1.31. The van der Waals surface area contributed by atoms with Crippen molar-refractivity contribution >= 4 is 10.2 Å². The highest BCUT2D eigenvalue weighted by Gasteiger charge is 2.11. The predicted molar refractivity (Wildman–Crippen MR) is 50.5 cm³/mol. The lowest BCUT2D eigenvalue weighted by atomic mass is 10.4. The van der Waals surface area contributed by atoms with E-state index in [1.807, 2.05) is 0 Å². The van der Waals surface area contributed by atoms with Gasteiger partial charge in [0.25, 0.3) is 10.2 Å². The summed E-state index contributed by atoms with van der Waals surface area (Å²) >= 11 is 0. The maximum absolute atomic E-state index is 11.1. The molecule has 0 bridgehead atoms. The van der Waals surface area contributed by atoms with Gasteiger partial charge in [-0.05, 0) is 6.92 Å². The van der Waals surface area contributed by atoms with Crippen LogP contribution in [-0.2, 0) is 14.9 Å². The van der Waals surface area contributed by atoms with Crippen molar-refractivity contribution < 1.29 is 13.2 Å². The van der Waals surface area contributed by atoms with Crippen LogP contribution in [-0.4, -0.2) is 41.3 Å². The molecular formula is C6H17N3O3S. The Balaban J connectivity index is 3.81. The van der Waals surface area contributed by atoms with Crippen LogP contribution in [0.3, 0.4) is 0 Å². The molecule has 0 aliphatic rings. The van der Waals surface area contributed by atoms with Crippen LogP contribution in [0.15, 0.2) is 0 Å². The Morgan fingerprint density at radius 1 is 1.54 bits per heavy atom. The Labute approximate surface area is 79.0 Å². The van der Waals surface area contributed by atoms with E-state index in [-0.39, 0.29) is 19.1 Å². The van der Waals surface area contributed by atoms with Crippen LogP contribution in [0.2, 0.25) is 0 Å². The first-order valence-electron chi connectivity index (χ1n) is 3.97. The van der Waals surface area contributed by atoms with Crippen LogP contribution in [0.25, 0.3) is 0 Å². The van der Waals surface area contributed by atoms with Gasteiger partial charge in [-0.1, -0.05) is 0 Å². The first kappa shape index (κ1) is 12.8. The lowest BCUT2D eigenvalue weighted by molar-refractivity contribution is 0.204. The fourth-order valence-corrected chi connectivity index (χ4v) is 1.69. The van der Waals surface area contributed by atoms with Gasteiger partial charge in [0.1, 0.15) is 0 Å². The first-order chi connectivity index (χ1) is 6.02. The van der Waals surface area contributed by atoms with Crippen molar-refractivity contribution in [2.45, 2.75) is 13.0 Å². The van der Waals surface area contributed by atoms with E-state index >= 15 is 0 Å². The summed E-state index contributed by atoms with van der Waals surface area (Å²) in [6.07, 6.45) is 0. The van der Waals surface area contributed by atoms with Gasteiger partial charge in [0, 0.05) is 26.2 Å². The van der Waals surface area contributed by atoms with Gasteiger partial charge in [-0.25, -0.2) is 0 Å². The van der Waals surface area contributed by atoms with Gasteiger partial charge in [0.05, 0.1) is 6.61 Å². The number of nitrogens with one attached hydrogen (secondary N) is 2. The molecule has 0 aromatic rings. The molecule has 0 aliphatic carbocycles. The summed E-state index contributed by atoms with van der Waals surface area (Å²) in [4.78, 5) is 0. The summed E-state index contributed by atoms with van der Waals surface area (Å²) in [5.74, 6) is 0. The van der Waals surface area contributed by atoms with E-state index in [1.165, 1.54) is 7.11 Å². The zero-order valence-electron chi connectivity index (χ0n) is 7.91. The van der Waals surface area contributed by atoms with Gasteiger partial charge in [-0.15, -0.1) is 0 Å². The van der Waals surface area contributed by atoms with Crippen LogP contribution < -0.4 is 15.2 Å². The molecule has 0 aromatic heterocycles. The molecule has 0 heterocycles. The van der Waals surface area contributed by atoms with E-state index in [0.717, 1.165) is 0 Å². The fraction of sp³-hybridized carbons (Fsp3) is 1.00. The summed E-state index contributed by atoms with van der Waals surface area (Å²) in [7, 11) is -1.92. The highest BCUT2D eigenvalue weighted by molar-refractivity contribution is 7.87.